The summed E-state index contributed by atoms with van der Waals surface area (Å²) in [4.78, 5) is 0. The number of hydrogen-bond donors (Lipinski definition) is 2. The van der Waals surface area contributed by atoms with Crippen molar-refractivity contribution in [2.75, 3.05) is 11.9 Å². The first-order chi connectivity index (χ1) is 9.63. The maximum atomic E-state index is 10.6. The summed E-state index contributed by atoms with van der Waals surface area (Å²) in [5, 5.41) is 14.0. The minimum Gasteiger partial charge on any atom is -0.384 e. The van der Waals surface area contributed by atoms with Crippen molar-refractivity contribution in [2.24, 2.45) is 0 Å². The van der Waals surface area contributed by atoms with Gasteiger partial charge in [0.15, 0.2) is 0 Å². The molecule has 2 aromatic rings. The van der Waals surface area contributed by atoms with Gasteiger partial charge in [-0.1, -0.05) is 61.9 Å². The summed E-state index contributed by atoms with van der Waals surface area (Å²) in [6.07, 6.45) is 2.17. The van der Waals surface area contributed by atoms with E-state index < -0.39 is 5.60 Å². The van der Waals surface area contributed by atoms with Gasteiger partial charge < -0.3 is 10.4 Å². The molecule has 0 aliphatic rings. The SMILES string of the molecule is CCCc1ccccc1NCC(C)(O)c1ccccc1. The van der Waals surface area contributed by atoms with E-state index in [0.717, 1.165) is 24.1 Å². The van der Waals surface area contributed by atoms with Crippen LogP contribution in [0.15, 0.2) is 54.6 Å². The van der Waals surface area contributed by atoms with Gasteiger partial charge in [0.25, 0.3) is 0 Å². The van der Waals surface area contributed by atoms with Gasteiger partial charge >= 0.3 is 0 Å². The number of benzene rings is 2. The standard InChI is InChI=1S/C18H23NO/c1-3-9-15-10-7-8-13-17(15)19-14-18(2,20)16-11-5-4-6-12-16/h4-8,10-13,19-20H,3,9,14H2,1-2H3. The Kier molecular flexibility index (Phi) is 4.80. The number of aryl methyl sites for hydroxylation is 1. The third kappa shape index (κ3) is 3.61. The molecule has 0 aromatic heterocycles. The Hall–Kier alpha value is -1.80. The van der Waals surface area contributed by atoms with Crippen molar-refractivity contribution in [3.63, 3.8) is 0 Å². The molecule has 1 atom stereocenters. The maximum absolute atomic E-state index is 10.6. The zero-order valence-corrected chi connectivity index (χ0v) is 12.3. The lowest BCUT2D eigenvalue weighted by molar-refractivity contribution is 0.0715. The van der Waals surface area contributed by atoms with Crippen molar-refractivity contribution < 1.29 is 5.11 Å². The first kappa shape index (κ1) is 14.6. The van der Waals surface area contributed by atoms with Crippen LogP contribution in [0.2, 0.25) is 0 Å². The van der Waals surface area contributed by atoms with Crippen LogP contribution in [0.4, 0.5) is 5.69 Å². The fourth-order valence-electron chi connectivity index (χ4n) is 2.35. The molecule has 106 valence electrons. The monoisotopic (exact) mass is 269 g/mol. The Morgan fingerprint density at radius 2 is 1.65 bits per heavy atom. The van der Waals surface area contributed by atoms with Crippen LogP contribution in [0.1, 0.15) is 31.4 Å². The summed E-state index contributed by atoms with van der Waals surface area (Å²) >= 11 is 0. The molecule has 2 rings (SSSR count). The van der Waals surface area contributed by atoms with Crippen LogP contribution in [0.25, 0.3) is 0 Å². The smallest absolute Gasteiger partial charge is 0.104 e. The Morgan fingerprint density at radius 3 is 2.35 bits per heavy atom. The summed E-state index contributed by atoms with van der Waals surface area (Å²) in [5.41, 5.74) is 2.48. The second-order valence-corrected chi connectivity index (χ2v) is 5.40. The van der Waals surface area contributed by atoms with Crippen LogP contribution in [-0.4, -0.2) is 11.7 Å². The van der Waals surface area contributed by atoms with Crippen LogP contribution >= 0.6 is 0 Å². The summed E-state index contributed by atoms with van der Waals surface area (Å²) in [7, 11) is 0. The van der Waals surface area contributed by atoms with E-state index in [2.05, 4.69) is 30.4 Å². The molecule has 0 heterocycles. The van der Waals surface area contributed by atoms with Crippen LogP contribution in [0.5, 0.6) is 0 Å². The van der Waals surface area contributed by atoms with Gasteiger partial charge in [-0.25, -0.2) is 0 Å². The Balaban J connectivity index is 2.08. The van der Waals surface area contributed by atoms with Gasteiger partial charge in [-0.15, -0.1) is 0 Å². The number of anilines is 1. The van der Waals surface area contributed by atoms with Crippen molar-refractivity contribution in [2.45, 2.75) is 32.3 Å². The van der Waals surface area contributed by atoms with Crippen LogP contribution in [0, 0.1) is 0 Å². The van der Waals surface area contributed by atoms with Gasteiger partial charge in [-0.3, -0.25) is 0 Å². The van der Waals surface area contributed by atoms with E-state index in [1.54, 1.807) is 0 Å². The lowest BCUT2D eigenvalue weighted by Gasteiger charge is -2.25. The van der Waals surface area contributed by atoms with E-state index in [9.17, 15) is 5.11 Å². The van der Waals surface area contributed by atoms with E-state index >= 15 is 0 Å². The number of para-hydroxylation sites is 1. The fraction of sp³-hybridized carbons (Fsp3) is 0.333. The van der Waals surface area contributed by atoms with Gasteiger partial charge in [-0.2, -0.15) is 0 Å². The molecular weight excluding hydrogens is 246 g/mol. The van der Waals surface area contributed by atoms with Gasteiger partial charge in [0.05, 0.1) is 0 Å². The molecule has 0 aliphatic heterocycles. The molecule has 2 heteroatoms. The van der Waals surface area contributed by atoms with Crippen molar-refractivity contribution in [1.82, 2.24) is 0 Å². The molecule has 2 nitrogen and oxygen atoms in total. The Morgan fingerprint density at radius 1 is 1.00 bits per heavy atom. The predicted octanol–water partition coefficient (Wildman–Crippen LogP) is 3.96. The van der Waals surface area contributed by atoms with Crippen molar-refractivity contribution in [3.05, 3.63) is 65.7 Å². The van der Waals surface area contributed by atoms with Crippen molar-refractivity contribution in [3.8, 4) is 0 Å². The topological polar surface area (TPSA) is 32.3 Å². The molecule has 2 aromatic carbocycles. The number of nitrogens with one attached hydrogen (secondary N) is 1. The van der Waals surface area contributed by atoms with E-state index in [0.29, 0.717) is 6.54 Å². The average molecular weight is 269 g/mol. The highest BCUT2D eigenvalue weighted by atomic mass is 16.3. The third-order valence-corrected chi connectivity index (χ3v) is 3.56. The molecule has 0 aliphatic carbocycles. The van der Waals surface area contributed by atoms with E-state index in [-0.39, 0.29) is 0 Å². The average Bonchev–Trinajstić information content (AvgIpc) is 2.48. The second-order valence-electron chi connectivity index (χ2n) is 5.40. The van der Waals surface area contributed by atoms with Crippen molar-refractivity contribution in [1.29, 1.82) is 0 Å². The number of rotatable bonds is 6. The summed E-state index contributed by atoms with van der Waals surface area (Å²) in [6, 6.07) is 18.1. The van der Waals surface area contributed by atoms with Crippen LogP contribution in [0.3, 0.4) is 0 Å². The highest BCUT2D eigenvalue weighted by molar-refractivity contribution is 5.51. The lowest BCUT2D eigenvalue weighted by Crippen LogP contribution is -2.30. The summed E-state index contributed by atoms with van der Waals surface area (Å²) in [6.45, 7) is 4.52. The molecule has 0 amide bonds. The fourth-order valence-corrected chi connectivity index (χ4v) is 2.35. The molecule has 0 radical (unpaired) electrons. The van der Waals surface area contributed by atoms with Gasteiger partial charge in [0.2, 0.25) is 0 Å². The van der Waals surface area contributed by atoms with Crippen LogP contribution < -0.4 is 5.32 Å². The lowest BCUT2D eigenvalue weighted by atomic mass is 9.96. The van der Waals surface area contributed by atoms with Gasteiger partial charge in [0, 0.05) is 12.2 Å². The number of hydrogen-bond acceptors (Lipinski definition) is 2. The first-order valence-corrected chi connectivity index (χ1v) is 7.23. The summed E-state index contributed by atoms with van der Waals surface area (Å²) < 4.78 is 0. The Bertz CT molecular complexity index is 534. The molecule has 0 saturated heterocycles. The minimum absolute atomic E-state index is 0.498. The molecule has 1 unspecified atom stereocenters. The molecule has 0 spiro atoms. The molecule has 2 N–H and O–H groups in total. The van der Waals surface area contributed by atoms with E-state index in [1.807, 2.05) is 43.3 Å². The molecule has 0 bridgehead atoms. The van der Waals surface area contributed by atoms with E-state index in [1.165, 1.54) is 5.56 Å². The van der Waals surface area contributed by atoms with Gasteiger partial charge in [-0.05, 0) is 30.5 Å². The first-order valence-electron chi connectivity index (χ1n) is 7.23. The molecular formula is C18H23NO. The van der Waals surface area contributed by atoms with Crippen LogP contribution in [-0.2, 0) is 12.0 Å². The highest BCUT2D eigenvalue weighted by Gasteiger charge is 2.22. The molecule has 0 saturated carbocycles. The highest BCUT2D eigenvalue weighted by Crippen LogP contribution is 2.23. The molecule has 0 fully saturated rings. The van der Waals surface area contributed by atoms with Gasteiger partial charge in [0.1, 0.15) is 5.60 Å². The predicted molar refractivity (Wildman–Crippen MR) is 84.9 cm³/mol. The maximum Gasteiger partial charge on any atom is 0.104 e. The third-order valence-electron chi connectivity index (χ3n) is 3.56. The minimum atomic E-state index is -0.874. The Labute approximate surface area is 121 Å². The zero-order chi connectivity index (χ0) is 14.4. The second kappa shape index (κ2) is 6.58. The normalized spacial score (nSPS) is 13.8. The quantitative estimate of drug-likeness (QED) is 0.832. The summed E-state index contributed by atoms with van der Waals surface area (Å²) in [5.74, 6) is 0. The number of aliphatic hydroxyl groups is 1. The zero-order valence-electron chi connectivity index (χ0n) is 12.3. The largest absolute Gasteiger partial charge is 0.384 e. The molecule has 20 heavy (non-hydrogen) atoms. The van der Waals surface area contributed by atoms with E-state index in [4.69, 9.17) is 0 Å². The van der Waals surface area contributed by atoms with Crippen molar-refractivity contribution >= 4 is 5.69 Å².